The Labute approximate surface area is 172 Å². The molecule has 0 N–H and O–H groups in total. The second-order valence-corrected chi connectivity index (χ2v) is 5.09. The minimum Gasteiger partial charge on any atom is -0.214 e. The predicted octanol–water partition coefficient (Wildman–Crippen LogP) is 6.40. The Kier molecular flexibility index (Phi) is 15.5. The zero-order valence-electron chi connectivity index (χ0n) is 14.9. The molecule has 0 aromatic heterocycles. The molecule has 4 rings (SSSR count). The van der Waals surface area contributed by atoms with Gasteiger partial charge in [0.05, 0.1) is 0 Å². The molecule has 4 aromatic rings. The maximum absolute atomic E-state index is 2.96. The maximum atomic E-state index is 2.96. The van der Waals surface area contributed by atoms with Gasteiger partial charge in [-0.2, -0.15) is 108 Å². The Hall–Kier alpha value is -1.98. The van der Waals surface area contributed by atoms with E-state index < -0.39 is 0 Å². The quantitative estimate of drug-likeness (QED) is 0.298. The van der Waals surface area contributed by atoms with Crippen LogP contribution in [0, 0.1) is 26.0 Å². The number of hydrogen-bond donors (Lipinski definition) is 0. The van der Waals surface area contributed by atoms with Crippen molar-refractivity contribution in [3.05, 3.63) is 132 Å². The van der Waals surface area contributed by atoms with E-state index in [-0.39, 0.29) is 26.2 Å². The minimum absolute atomic E-state index is 0. The van der Waals surface area contributed by atoms with Gasteiger partial charge in [0.2, 0.25) is 0 Å². The molecule has 0 heterocycles. The summed E-state index contributed by atoms with van der Waals surface area (Å²) in [5.41, 5.74) is 2.53. The van der Waals surface area contributed by atoms with Gasteiger partial charge >= 0.3 is 26.2 Å². The standard InChI is InChI=1S/2C7H7.2C5H5.Zr/c2*1-7-5-3-2-4-6-7;2*1-2-4-5-3-1;/h2*2-3,5-6H,1H3;2*1-5H;/q4*-1;+4. The topological polar surface area (TPSA) is 0 Å². The summed E-state index contributed by atoms with van der Waals surface area (Å²) in [5, 5.41) is 0. The summed E-state index contributed by atoms with van der Waals surface area (Å²) in [6.07, 6.45) is 0. The molecule has 0 aliphatic carbocycles. The van der Waals surface area contributed by atoms with Gasteiger partial charge in [-0.25, -0.2) is 24.3 Å². The molecular formula is C24H24Zr. The Balaban J connectivity index is 0.000000307. The van der Waals surface area contributed by atoms with Crippen molar-refractivity contribution >= 4 is 0 Å². The molecule has 124 valence electrons. The van der Waals surface area contributed by atoms with Gasteiger partial charge in [0.1, 0.15) is 0 Å². The molecule has 0 amide bonds. The smallest absolute Gasteiger partial charge is 0.214 e. The Morgan fingerprint density at radius 1 is 0.600 bits per heavy atom. The Morgan fingerprint density at radius 2 is 0.960 bits per heavy atom. The van der Waals surface area contributed by atoms with Crippen LogP contribution in [0.4, 0.5) is 0 Å². The monoisotopic (exact) mass is 402 g/mol. The Morgan fingerprint density at radius 3 is 1.08 bits per heavy atom. The first-order valence-corrected chi connectivity index (χ1v) is 7.98. The third-order valence-corrected chi connectivity index (χ3v) is 2.84. The largest absolute Gasteiger partial charge is 4.00 e. The third-order valence-electron chi connectivity index (χ3n) is 2.84. The number of hydrogen-bond acceptors (Lipinski definition) is 0. The van der Waals surface area contributed by atoms with E-state index in [1.165, 1.54) is 11.1 Å². The molecule has 0 spiro atoms. The van der Waals surface area contributed by atoms with Gasteiger partial charge in [0.25, 0.3) is 0 Å². The van der Waals surface area contributed by atoms with Gasteiger partial charge in [-0.1, -0.05) is 13.8 Å². The van der Waals surface area contributed by atoms with Crippen LogP contribution in [-0.4, -0.2) is 0 Å². The van der Waals surface area contributed by atoms with Crippen LogP contribution in [0.5, 0.6) is 0 Å². The fourth-order valence-corrected chi connectivity index (χ4v) is 1.61. The van der Waals surface area contributed by atoms with E-state index >= 15 is 0 Å². The molecule has 4 aromatic carbocycles. The zero-order valence-corrected chi connectivity index (χ0v) is 17.4. The normalized spacial score (nSPS) is 8.08. The van der Waals surface area contributed by atoms with Crippen LogP contribution in [-0.2, 0) is 26.2 Å². The van der Waals surface area contributed by atoms with E-state index in [0.29, 0.717) is 0 Å². The average molecular weight is 404 g/mol. The van der Waals surface area contributed by atoms with Crippen LogP contribution >= 0.6 is 0 Å². The molecule has 1 heteroatoms. The van der Waals surface area contributed by atoms with E-state index in [1.54, 1.807) is 0 Å². The van der Waals surface area contributed by atoms with Crippen LogP contribution in [0.15, 0.2) is 109 Å². The number of aryl methyl sites for hydroxylation is 2. The molecule has 25 heavy (non-hydrogen) atoms. The summed E-state index contributed by atoms with van der Waals surface area (Å²) in [4.78, 5) is 0. The van der Waals surface area contributed by atoms with Crippen LogP contribution in [0.25, 0.3) is 0 Å². The zero-order chi connectivity index (χ0) is 17.3. The van der Waals surface area contributed by atoms with E-state index in [2.05, 4.69) is 38.1 Å². The molecule has 0 saturated heterocycles. The average Bonchev–Trinajstić information content (AvgIpc) is 3.36. The van der Waals surface area contributed by atoms with Crippen molar-refractivity contribution in [3.63, 3.8) is 0 Å². The molecule has 0 unspecified atom stereocenters. The van der Waals surface area contributed by atoms with Crippen LogP contribution in [0.2, 0.25) is 0 Å². The summed E-state index contributed by atoms with van der Waals surface area (Å²) in [5.74, 6) is 0. The van der Waals surface area contributed by atoms with Crippen LogP contribution < -0.4 is 0 Å². The molecule has 0 radical (unpaired) electrons. The third kappa shape index (κ3) is 15.3. The predicted molar refractivity (Wildman–Crippen MR) is 104 cm³/mol. The molecule has 0 saturated carbocycles. The maximum Gasteiger partial charge on any atom is 4.00 e. The first kappa shape index (κ1) is 23.0. The SMILES string of the molecule is Cc1c[c-]ccc1.Cc1c[c-]ccc1.[Zr+4].c1cc[cH-]c1.c1cc[cH-]c1. The number of rotatable bonds is 0. The van der Waals surface area contributed by atoms with Crippen molar-refractivity contribution in [1.29, 1.82) is 0 Å². The van der Waals surface area contributed by atoms with E-state index in [1.807, 2.05) is 97.1 Å². The van der Waals surface area contributed by atoms with Crippen molar-refractivity contribution in [3.8, 4) is 0 Å². The molecule has 0 aliphatic heterocycles. The van der Waals surface area contributed by atoms with Crippen molar-refractivity contribution in [1.82, 2.24) is 0 Å². The van der Waals surface area contributed by atoms with Gasteiger partial charge in [-0.3, -0.25) is 0 Å². The van der Waals surface area contributed by atoms with Crippen molar-refractivity contribution in [2.24, 2.45) is 0 Å². The minimum atomic E-state index is 0. The second-order valence-electron chi connectivity index (χ2n) is 5.09. The van der Waals surface area contributed by atoms with Crippen LogP contribution in [0.3, 0.4) is 0 Å². The molecule has 0 atom stereocenters. The van der Waals surface area contributed by atoms with Gasteiger partial charge < -0.3 is 0 Å². The first-order valence-electron chi connectivity index (χ1n) is 7.98. The molecule has 0 fully saturated rings. The summed E-state index contributed by atoms with van der Waals surface area (Å²) in [7, 11) is 0. The van der Waals surface area contributed by atoms with E-state index in [0.717, 1.165) is 0 Å². The summed E-state index contributed by atoms with van der Waals surface area (Å²) >= 11 is 0. The fourth-order valence-electron chi connectivity index (χ4n) is 1.61. The Bertz CT molecular complexity index is 567. The van der Waals surface area contributed by atoms with E-state index in [9.17, 15) is 0 Å². The second kappa shape index (κ2) is 16.9. The summed E-state index contributed by atoms with van der Waals surface area (Å²) in [6.45, 7) is 4.10. The van der Waals surface area contributed by atoms with Gasteiger partial charge in [-0.05, 0) is 0 Å². The van der Waals surface area contributed by atoms with Gasteiger partial charge in [-0.15, -0.1) is 0 Å². The van der Waals surface area contributed by atoms with E-state index in [4.69, 9.17) is 0 Å². The molecular weight excluding hydrogens is 379 g/mol. The van der Waals surface area contributed by atoms with Crippen molar-refractivity contribution in [2.45, 2.75) is 13.8 Å². The van der Waals surface area contributed by atoms with Crippen LogP contribution in [0.1, 0.15) is 11.1 Å². The van der Waals surface area contributed by atoms with Gasteiger partial charge in [0.15, 0.2) is 0 Å². The van der Waals surface area contributed by atoms with Gasteiger partial charge in [0, 0.05) is 0 Å². The molecule has 0 bridgehead atoms. The van der Waals surface area contributed by atoms with Crippen molar-refractivity contribution < 1.29 is 26.2 Å². The fraction of sp³-hybridized carbons (Fsp3) is 0.0833. The number of benzene rings is 2. The first-order chi connectivity index (χ1) is 11.8. The molecule has 0 aliphatic rings. The summed E-state index contributed by atoms with van der Waals surface area (Å²) < 4.78 is 0. The van der Waals surface area contributed by atoms with Crippen molar-refractivity contribution in [2.75, 3.05) is 0 Å². The molecule has 0 nitrogen and oxygen atoms in total. The summed E-state index contributed by atoms with van der Waals surface area (Å²) in [6, 6.07) is 41.7.